The molecule has 0 aliphatic rings. The molecular weight excluding hydrogens is 262 g/mol. The Bertz CT molecular complexity index is 738. The molecule has 0 saturated carbocycles. The summed E-state index contributed by atoms with van der Waals surface area (Å²) in [6.07, 6.45) is 0. The van der Waals surface area contributed by atoms with Gasteiger partial charge in [-0.15, -0.1) is 0 Å². The first-order chi connectivity index (χ1) is 10.2. The fraction of sp³-hybridized carbons (Fsp3) is 0.235. The van der Waals surface area contributed by atoms with E-state index in [4.69, 9.17) is 5.73 Å². The van der Waals surface area contributed by atoms with Gasteiger partial charge >= 0.3 is 0 Å². The van der Waals surface area contributed by atoms with Crippen molar-refractivity contribution in [3.05, 3.63) is 48.5 Å². The molecule has 1 aromatic heterocycles. The monoisotopic (exact) mass is 281 g/mol. The summed E-state index contributed by atoms with van der Waals surface area (Å²) in [4.78, 5) is 11.6. The molecule has 3 N–H and O–H groups in total. The Morgan fingerprint density at radius 3 is 2.10 bits per heavy atom. The topological polar surface area (TPSA) is 60.1 Å². The SMILES string of the molecule is CCNC(Cn1c2ccccc2c2ccccc21)C(N)=O. The Hall–Kier alpha value is -2.33. The van der Waals surface area contributed by atoms with Crippen LogP contribution in [0.15, 0.2) is 48.5 Å². The van der Waals surface area contributed by atoms with Gasteiger partial charge in [0.2, 0.25) is 5.91 Å². The van der Waals surface area contributed by atoms with E-state index in [9.17, 15) is 4.79 Å². The van der Waals surface area contributed by atoms with Crippen LogP contribution in [-0.4, -0.2) is 23.1 Å². The van der Waals surface area contributed by atoms with Gasteiger partial charge in [0.15, 0.2) is 0 Å². The van der Waals surface area contributed by atoms with Crippen molar-refractivity contribution in [3.8, 4) is 0 Å². The van der Waals surface area contributed by atoms with Crippen LogP contribution in [-0.2, 0) is 11.3 Å². The molecule has 1 amide bonds. The van der Waals surface area contributed by atoms with Crippen molar-refractivity contribution < 1.29 is 4.79 Å². The van der Waals surface area contributed by atoms with E-state index in [0.717, 1.165) is 11.0 Å². The van der Waals surface area contributed by atoms with Crippen LogP contribution in [0.1, 0.15) is 6.92 Å². The highest BCUT2D eigenvalue weighted by Gasteiger charge is 2.18. The maximum atomic E-state index is 11.6. The number of carbonyl (C=O) groups is 1. The number of hydrogen-bond donors (Lipinski definition) is 2. The molecule has 1 unspecified atom stereocenters. The molecule has 4 nitrogen and oxygen atoms in total. The number of nitrogens with two attached hydrogens (primary N) is 1. The molecule has 0 radical (unpaired) electrons. The Balaban J connectivity index is 2.17. The number of rotatable bonds is 5. The maximum absolute atomic E-state index is 11.6. The summed E-state index contributed by atoms with van der Waals surface area (Å²) in [6, 6.07) is 16.1. The number of amides is 1. The van der Waals surface area contributed by atoms with Gasteiger partial charge in [0.1, 0.15) is 6.04 Å². The molecule has 2 aromatic carbocycles. The average Bonchev–Trinajstić information content (AvgIpc) is 2.81. The summed E-state index contributed by atoms with van der Waals surface area (Å²) in [6.45, 7) is 3.23. The van der Waals surface area contributed by atoms with Gasteiger partial charge in [-0.3, -0.25) is 4.79 Å². The van der Waals surface area contributed by atoms with Gasteiger partial charge in [0.05, 0.1) is 0 Å². The van der Waals surface area contributed by atoms with E-state index in [1.54, 1.807) is 0 Å². The van der Waals surface area contributed by atoms with Crippen molar-refractivity contribution in [2.45, 2.75) is 19.5 Å². The van der Waals surface area contributed by atoms with Crippen LogP contribution in [0.3, 0.4) is 0 Å². The zero-order chi connectivity index (χ0) is 14.8. The molecule has 0 fully saturated rings. The number of carbonyl (C=O) groups excluding carboxylic acids is 1. The molecule has 1 heterocycles. The number of benzene rings is 2. The second-order valence-electron chi connectivity index (χ2n) is 5.16. The van der Waals surface area contributed by atoms with Crippen LogP contribution < -0.4 is 11.1 Å². The number of aromatic nitrogens is 1. The lowest BCUT2D eigenvalue weighted by Gasteiger charge is -2.16. The van der Waals surface area contributed by atoms with Gasteiger partial charge in [-0.05, 0) is 18.7 Å². The average molecular weight is 281 g/mol. The van der Waals surface area contributed by atoms with Crippen LogP contribution in [0, 0.1) is 0 Å². The third kappa shape index (κ3) is 2.38. The number of primary amides is 1. The van der Waals surface area contributed by atoms with Gasteiger partial charge < -0.3 is 15.6 Å². The Kier molecular flexibility index (Phi) is 3.62. The predicted molar refractivity (Wildman–Crippen MR) is 86.1 cm³/mol. The summed E-state index contributed by atoms with van der Waals surface area (Å²) in [5.74, 6) is -0.321. The lowest BCUT2D eigenvalue weighted by molar-refractivity contribution is -0.120. The van der Waals surface area contributed by atoms with Gasteiger partial charge in [-0.25, -0.2) is 0 Å². The van der Waals surface area contributed by atoms with Gasteiger partial charge in [0.25, 0.3) is 0 Å². The molecule has 3 aromatic rings. The molecule has 4 heteroatoms. The zero-order valence-electron chi connectivity index (χ0n) is 12.0. The van der Waals surface area contributed by atoms with E-state index < -0.39 is 0 Å². The van der Waals surface area contributed by atoms with Crippen molar-refractivity contribution in [1.82, 2.24) is 9.88 Å². The first-order valence-electron chi connectivity index (χ1n) is 7.21. The molecule has 0 bridgehead atoms. The quantitative estimate of drug-likeness (QED) is 0.753. The second-order valence-corrected chi connectivity index (χ2v) is 5.16. The summed E-state index contributed by atoms with van der Waals surface area (Å²) >= 11 is 0. The predicted octanol–water partition coefficient (Wildman–Crippen LogP) is 2.26. The third-order valence-corrected chi connectivity index (χ3v) is 3.84. The van der Waals surface area contributed by atoms with Crippen LogP contribution in [0.25, 0.3) is 21.8 Å². The summed E-state index contributed by atoms with van der Waals surface area (Å²) in [5, 5.41) is 5.56. The Morgan fingerprint density at radius 1 is 1.10 bits per heavy atom. The lowest BCUT2D eigenvalue weighted by Crippen LogP contribution is -2.44. The smallest absolute Gasteiger partial charge is 0.236 e. The minimum atomic E-state index is -0.366. The minimum absolute atomic E-state index is 0.321. The molecule has 0 aliphatic heterocycles. The van der Waals surface area contributed by atoms with Crippen molar-refractivity contribution >= 4 is 27.7 Å². The van der Waals surface area contributed by atoms with Crippen LogP contribution in [0.4, 0.5) is 0 Å². The van der Waals surface area contributed by atoms with Crippen molar-refractivity contribution in [1.29, 1.82) is 0 Å². The van der Waals surface area contributed by atoms with E-state index >= 15 is 0 Å². The highest BCUT2D eigenvalue weighted by atomic mass is 16.1. The Morgan fingerprint density at radius 2 is 1.62 bits per heavy atom. The molecular formula is C17H19N3O. The van der Waals surface area contributed by atoms with Crippen LogP contribution in [0.2, 0.25) is 0 Å². The van der Waals surface area contributed by atoms with Gasteiger partial charge in [-0.1, -0.05) is 43.3 Å². The molecule has 21 heavy (non-hydrogen) atoms. The van der Waals surface area contributed by atoms with E-state index in [0.29, 0.717) is 13.1 Å². The standard InChI is InChI=1S/C17H19N3O/c1-2-19-14(17(18)21)11-20-15-9-5-3-7-12(15)13-8-4-6-10-16(13)20/h3-10,14,19H,2,11H2,1H3,(H2,18,21). The largest absolute Gasteiger partial charge is 0.368 e. The number of para-hydroxylation sites is 2. The van der Waals surface area contributed by atoms with Crippen LogP contribution >= 0.6 is 0 Å². The molecule has 0 saturated heterocycles. The molecule has 1 atom stereocenters. The summed E-state index contributed by atoms with van der Waals surface area (Å²) in [7, 11) is 0. The Labute approximate surface area is 123 Å². The van der Waals surface area contributed by atoms with E-state index in [-0.39, 0.29) is 11.9 Å². The molecule has 3 rings (SSSR count). The number of hydrogen-bond acceptors (Lipinski definition) is 2. The van der Waals surface area contributed by atoms with Gasteiger partial charge in [-0.2, -0.15) is 0 Å². The molecule has 0 spiro atoms. The number of nitrogens with one attached hydrogen (secondary N) is 1. The van der Waals surface area contributed by atoms with Crippen molar-refractivity contribution in [3.63, 3.8) is 0 Å². The van der Waals surface area contributed by atoms with Crippen LogP contribution in [0.5, 0.6) is 0 Å². The van der Waals surface area contributed by atoms with Gasteiger partial charge in [0, 0.05) is 28.4 Å². The zero-order valence-corrected chi connectivity index (χ0v) is 12.0. The maximum Gasteiger partial charge on any atom is 0.236 e. The number of likely N-dealkylation sites (N-methyl/N-ethyl adjacent to an activating group) is 1. The first kappa shape index (κ1) is 13.6. The second kappa shape index (κ2) is 5.58. The van der Waals surface area contributed by atoms with E-state index in [1.807, 2.05) is 31.2 Å². The number of nitrogens with zero attached hydrogens (tertiary/aromatic N) is 1. The normalized spacial score (nSPS) is 12.8. The summed E-state index contributed by atoms with van der Waals surface area (Å²) < 4.78 is 2.17. The van der Waals surface area contributed by atoms with E-state index in [1.165, 1.54) is 10.8 Å². The lowest BCUT2D eigenvalue weighted by atomic mass is 10.2. The highest BCUT2D eigenvalue weighted by Crippen LogP contribution is 2.28. The van der Waals surface area contributed by atoms with Crippen molar-refractivity contribution in [2.24, 2.45) is 5.73 Å². The fourth-order valence-corrected chi connectivity index (χ4v) is 2.88. The number of fused-ring (bicyclic) bond motifs is 3. The highest BCUT2D eigenvalue weighted by molar-refractivity contribution is 6.08. The fourth-order valence-electron chi connectivity index (χ4n) is 2.88. The minimum Gasteiger partial charge on any atom is -0.368 e. The van der Waals surface area contributed by atoms with E-state index in [2.05, 4.69) is 34.1 Å². The third-order valence-electron chi connectivity index (χ3n) is 3.84. The first-order valence-corrected chi connectivity index (χ1v) is 7.21. The summed E-state index contributed by atoms with van der Waals surface area (Å²) in [5.41, 5.74) is 7.77. The molecule has 108 valence electrons. The van der Waals surface area contributed by atoms with Crippen molar-refractivity contribution in [2.75, 3.05) is 6.54 Å². The molecule has 0 aliphatic carbocycles.